The molecule has 4 nitrogen and oxygen atoms in total. The number of aryl methyl sites for hydroxylation is 1. The predicted octanol–water partition coefficient (Wildman–Crippen LogP) is 1.37. The van der Waals surface area contributed by atoms with Crippen LogP contribution in [0.5, 0.6) is 0 Å². The van der Waals surface area contributed by atoms with Gasteiger partial charge in [0.25, 0.3) is 0 Å². The maximum Gasteiger partial charge on any atom is 0.225 e. The van der Waals surface area contributed by atoms with Crippen LogP contribution in [0.1, 0.15) is 24.0 Å². The second kappa shape index (κ2) is 6.86. The molecule has 2 N–H and O–H groups in total. The Morgan fingerprint density at radius 2 is 2.15 bits per heavy atom. The zero-order chi connectivity index (χ0) is 14.5. The van der Waals surface area contributed by atoms with Gasteiger partial charge < -0.3 is 15.4 Å². The molecule has 2 rings (SSSR count). The standard InChI is InChI=1S/C16H24N2O2/c1-18(16(19)10-15(11-17)20-2)14-8-7-12-5-3-4-6-13(12)9-14/h3-6,14-15H,7-11,17H2,1-2H3. The summed E-state index contributed by atoms with van der Waals surface area (Å²) in [6.07, 6.45) is 3.20. The predicted molar refractivity (Wildman–Crippen MR) is 79.5 cm³/mol. The summed E-state index contributed by atoms with van der Waals surface area (Å²) in [5, 5.41) is 0. The van der Waals surface area contributed by atoms with Crippen LogP contribution < -0.4 is 5.73 Å². The number of fused-ring (bicyclic) bond motifs is 1. The molecular formula is C16H24N2O2. The number of methoxy groups -OCH3 is 1. The molecule has 0 radical (unpaired) electrons. The van der Waals surface area contributed by atoms with Crippen LogP contribution in [0.3, 0.4) is 0 Å². The van der Waals surface area contributed by atoms with Gasteiger partial charge in [0.15, 0.2) is 0 Å². The van der Waals surface area contributed by atoms with Crippen molar-refractivity contribution in [2.24, 2.45) is 5.73 Å². The zero-order valence-corrected chi connectivity index (χ0v) is 12.3. The van der Waals surface area contributed by atoms with Gasteiger partial charge in [-0.25, -0.2) is 0 Å². The van der Waals surface area contributed by atoms with Crippen molar-refractivity contribution in [3.05, 3.63) is 35.4 Å². The van der Waals surface area contributed by atoms with Crippen molar-refractivity contribution >= 4 is 5.91 Å². The van der Waals surface area contributed by atoms with E-state index in [1.54, 1.807) is 7.11 Å². The number of benzene rings is 1. The van der Waals surface area contributed by atoms with Gasteiger partial charge >= 0.3 is 0 Å². The zero-order valence-electron chi connectivity index (χ0n) is 12.3. The number of ether oxygens (including phenoxy) is 1. The third kappa shape index (κ3) is 3.38. The lowest BCUT2D eigenvalue weighted by Crippen LogP contribution is -2.42. The Bertz CT molecular complexity index is 458. The average Bonchev–Trinajstić information content (AvgIpc) is 2.51. The molecule has 0 fully saturated rings. The molecule has 2 unspecified atom stereocenters. The summed E-state index contributed by atoms with van der Waals surface area (Å²) in [7, 11) is 3.49. The van der Waals surface area contributed by atoms with Gasteiger partial charge in [-0.05, 0) is 30.4 Å². The summed E-state index contributed by atoms with van der Waals surface area (Å²) in [5.41, 5.74) is 8.36. The van der Waals surface area contributed by atoms with Crippen LogP contribution in [0.25, 0.3) is 0 Å². The van der Waals surface area contributed by atoms with Crippen LogP contribution in [0.4, 0.5) is 0 Å². The SMILES string of the molecule is COC(CN)CC(=O)N(C)C1CCc2ccccc2C1. The van der Waals surface area contributed by atoms with Crippen molar-refractivity contribution in [1.82, 2.24) is 4.90 Å². The highest BCUT2D eigenvalue weighted by Crippen LogP contribution is 2.24. The molecule has 4 heteroatoms. The number of nitrogens with zero attached hydrogens (tertiary/aromatic N) is 1. The van der Waals surface area contributed by atoms with Gasteiger partial charge in [-0.2, -0.15) is 0 Å². The normalized spacial score (nSPS) is 19.2. The van der Waals surface area contributed by atoms with E-state index in [4.69, 9.17) is 10.5 Å². The van der Waals surface area contributed by atoms with E-state index in [1.165, 1.54) is 11.1 Å². The number of nitrogens with two attached hydrogens (primary N) is 1. The molecule has 1 aliphatic carbocycles. The molecule has 0 aromatic heterocycles. The van der Waals surface area contributed by atoms with Gasteiger partial charge in [0.1, 0.15) is 0 Å². The maximum atomic E-state index is 12.3. The molecular weight excluding hydrogens is 252 g/mol. The molecule has 0 bridgehead atoms. The second-order valence-electron chi connectivity index (χ2n) is 5.47. The Morgan fingerprint density at radius 1 is 1.45 bits per heavy atom. The average molecular weight is 276 g/mol. The summed E-state index contributed by atoms with van der Waals surface area (Å²) in [6.45, 7) is 0.379. The summed E-state index contributed by atoms with van der Waals surface area (Å²) < 4.78 is 5.19. The van der Waals surface area contributed by atoms with Crippen molar-refractivity contribution in [1.29, 1.82) is 0 Å². The van der Waals surface area contributed by atoms with Crippen LogP contribution >= 0.6 is 0 Å². The Hall–Kier alpha value is -1.39. The van der Waals surface area contributed by atoms with E-state index >= 15 is 0 Å². The fourth-order valence-corrected chi connectivity index (χ4v) is 2.81. The molecule has 0 saturated carbocycles. The van der Waals surface area contributed by atoms with Gasteiger partial charge in [0.2, 0.25) is 5.91 Å². The van der Waals surface area contributed by atoms with Crippen LogP contribution in [0, 0.1) is 0 Å². The van der Waals surface area contributed by atoms with Crippen molar-refractivity contribution in [2.45, 2.75) is 37.8 Å². The first kappa shape index (κ1) is 15.0. The first-order valence-corrected chi connectivity index (χ1v) is 7.21. The number of rotatable bonds is 5. The largest absolute Gasteiger partial charge is 0.380 e. The first-order chi connectivity index (χ1) is 9.65. The minimum Gasteiger partial charge on any atom is -0.380 e. The monoisotopic (exact) mass is 276 g/mol. The Kier molecular flexibility index (Phi) is 5.15. The molecule has 0 spiro atoms. The minimum atomic E-state index is -0.180. The van der Waals surface area contributed by atoms with Gasteiger partial charge in [-0.3, -0.25) is 4.79 Å². The van der Waals surface area contributed by atoms with Crippen LogP contribution in [-0.2, 0) is 22.4 Å². The molecule has 1 aliphatic rings. The molecule has 1 aromatic rings. The summed E-state index contributed by atoms with van der Waals surface area (Å²) in [5.74, 6) is 0.117. The van der Waals surface area contributed by atoms with Gasteiger partial charge in [-0.1, -0.05) is 24.3 Å². The molecule has 20 heavy (non-hydrogen) atoms. The second-order valence-corrected chi connectivity index (χ2v) is 5.47. The number of hydrogen-bond acceptors (Lipinski definition) is 3. The molecule has 1 amide bonds. The Morgan fingerprint density at radius 3 is 2.80 bits per heavy atom. The number of likely N-dealkylation sites (N-methyl/N-ethyl adjacent to an activating group) is 1. The number of carbonyl (C=O) groups is 1. The topological polar surface area (TPSA) is 55.6 Å². The van der Waals surface area contributed by atoms with E-state index in [1.807, 2.05) is 11.9 Å². The van der Waals surface area contributed by atoms with E-state index in [-0.39, 0.29) is 18.1 Å². The van der Waals surface area contributed by atoms with Gasteiger partial charge in [0, 0.05) is 26.7 Å². The van der Waals surface area contributed by atoms with E-state index < -0.39 is 0 Å². The van der Waals surface area contributed by atoms with E-state index in [9.17, 15) is 4.79 Å². The fourth-order valence-electron chi connectivity index (χ4n) is 2.81. The number of amides is 1. The molecule has 2 atom stereocenters. The van der Waals surface area contributed by atoms with Gasteiger partial charge in [-0.15, -0.1) is 0 Å². The summed E-state index contributed by atoms with van der Waals surface area (Å²) >= 11 is 0. The number of carbonyl (C=O) groups excluding carboxylic acids is 1. The smallest absolute Gasteiger partial charge is 0.225 e. The molecule has 0 heterocycles. The van der Waals surface area contributed by atoms with Crippen LogP contribution in [0.15, 0.2) is 24.3 Å². The highest BCUT2D eigenvalue weighted by Gasteiger charge is 2.26. The molecule has 0 saturated heterocycles. The Balaban J connectivity index is 1.97. The minimum absolute atomic E-state index is 0.117. The van der Waals surface area contributed by atoms with E-state index in [2.05, 4.69) is 24.3 Å². The van der Waals surface area contributed by atoms with E-state index in [0.717, 1.165) is 19.3 Å². The summed E-state index contributed by atoms with van der Waals surface area (Å²) in [6, 6.07) is 8.78. The molecule has 1 aromatic carbocycles. The first-order valence-electron chi connectivity index (χ1n) is 7.21. The van der Waals surface area contributed by atoms with Crippen molar-refractivity contribution in [2.75, 3.05) is 20.7 Å². The van der Waals surface area contributed by atoms with E-state index in [0.29, 0.717) is 13.0 Å². The highest BCUT2D eigenvalue weighted by atomic mass is 16.5. The van der Waals surface area contributed by atoms with Crippen molar-refractivity contribution in [3.63, 3.8) is 0 Å². The van der Waals surface area contributed by atoms with Gasteiger partial charge in [0.05, 0.1) is 12.5 Å². The van der Waals surface area contributed by atoms with Crippen molar-refractivity contribution in [3.8, 4) is 0 Å². The lowest BCUT2D eigenvalue weighted by Gasteiger charge is -2.33. The quantitative estimate of drug-likeness (QED) is 0.883. The third-order valence-corrected chi connectivity index (χ3v) is 4.26. The molecule has 110 valence electrons. The van der Waals surface area contributed by atoms with Crippen molar-refractivity contribution < 1.29 is 9.53 Å². The summed E-state index contributed by atoms with van der Waals surface area (Å²) in [4.78, 5) is 14.1. The lowest BCUT2D eigenvalue weighted by molar-refractivity contribution is -0.134. The highest BCUT2D eigenvalue weighted by molar-refractivity contribution is 5.76. The number of hydrogen-bond donors (Lipinski definition) is 1. The molecule has 0 aliphatic heterocycles. The van der Waals surface area contributed by atoms with Crippen LogP contribution in [-0.4, -0.2) is 43.7 Å². The lowest BCUT2D eigenvalue weighted by atomic mass is 9.87. The Labute approximate surface area is 120 Å². The maximum absolute atomic E-state index is 12.3. The third-order valence-electron chi connectivity index (χ3n) is 4.26. The van der Waals surface area contributed by atoms with Crippen LogP contribution in [0.2, 0.25) is 0 Å². The fraction of sp³-hybridized carbons (Fsp3) is 0.562.